The Balaban J connectivity index is 2.05. The Morgan fingerprint density at radius 3 is 3.00 bits per heavy atom. The fraction of sp³-hybridized carbons (Fsp3) is 0.917. The lowest BCUT2D eigenvalue weighted by Gasteiger charge is -2.33. The Kier molecular flexibility index (Phi) is 1.46. The number of hydrogen-bond acceptors (Lipinski definition) is 1. The lowest BCUT2D eigenvalue weighted by molar-refractivity contribution is -0.121. The van der Waals surface area contributed by atoms with E-state index in [1.807, 2.05) is 0 Å². The Labute approximate surface area is 79.9 Å². The van der Waals surface area contributed by atoms with E-state index in [-0.39, 0.29) is 0 Å². The van der Waals surface area contributed by atoms with E-state index in [2.05, 4.69) is 6.92 Å². The van der Waals surface area contributed by atoms with Crippen molar-refractivity contribution >= 4 is 5.78 Å². The summed E-state index contributed by atoms with van der Waals surface area (Å²) in [6, 6.07) is 0. The van der Waals surface area contributed by atoms with Crippen LogP contribution in [0.1, 0.15) is 45.4 Å². The smallest absolute Gasteiger partial charge is 0.136 e. The number of ketones is 1. The molecule has 0 heterocycles. The SMILES string of the molecule is CC1CC(=O)C2CCC3CCCC132. The van der Waals surface area contributed by atoms with Gasteiger partial charge in [-0.25, -0.2) is 0 Å². The Morgan fingerprint density at radius 1 is 1.31 bits per heavy atom. The van der Waals surface area contributed by atoms with Gasteiger partial charge in [-0.3, -0.25) is 4.79 Å². The molecule has 4 unspecified atom stereocenters. The van der Waals surface area contributed by atoms with Gasteiger partial charge in [0.2, 0.25) is 0 Å². The molecule has 4 atom stereocenters. The molecule has 3 aliphatic rings. The maximum atomic E-state index is 11.8. The van der Waals surface area contributed by atoms with Crippen molar-refractivity contribution in [3.05, 3.63) is 0 Å². The summed E-state index contributed by atoms with van der Waals surface area (Å²) in [5.74, 6) is 2.69. The third kappa shape index (κ3) is 0.769. The van der Waals surface area contributed by atoms with Crippen LogP contribution in [0.25, 0.3) is 0 Å². The standard InChI is InChI=1S/C12H18O/c1-8-7-11(13)10-5-4-9-3-2-6-12(8,9)10/h8-10H,2-7H2,1H3. The van der Waals surface area contributed by atoms with Crippen molar-refractivity contribution in [2.24, 2.45) is 23.2 Å². The zero-order valence-electron chi connectivity index (χ0n) is 8.38. The maximum absolute atomic E-state index is 11.8. The lowest BCUT2D eigenvalue weighted by atomic mass is 9.70. The van der Waals surface area contributed by atoms with Gasteiger partial charge in [0.1, 0.15) is 5.78 Å². The summed E-state index contributed by atoms with van der Waals surface area (Å²) < 4.78 is 0. The Bertz CT molecular complexity index is 258. The van der Waals surface area contributed by atoms with E-state index in [0.717, 1.165) is 12.3 Å². The highest BCUT2D eigenvalue weighted by Crippen LogP contribution is 2.65. The van der Waals surface area contributed by atoms with Crippen LogP contribution in [0.3, 0.4) is 0 Å². The molecule has 3 saturated carbocycles. The first-order chi connectivity index (χ1) is 6.25. The minimum atomic E-state index is 0.481. The predicted octanol–water partition coefficient (Wildman–Crippen LogP) is 2.79. The summed E-state index contributed by atoms with van der Waals surface area (Å²) in [5.41, 5.74) is 0.497. The van der Waals surface area contributed by atoms with E-state index in [4.69, 9.17) is 0 Å². The average molecular weight is 178 g/mol. The molecule has 1 nitrogen and oxygen atoms in total. The zero-order chi connectivity index (χ0) is 9.05. The fourth-order valence-electron chi connectivity index (χ4n) is 4.72. The molecule has 0 bridgehead atoms. The maximum Gasteiger partial charge on any atom is 0.136 e. The molecule has 0 amide bonds. The molecule has 3 fully saturated rings. The molecule has 0 aromatic rings. The second-order valence-corrected chi connectivity index (χ2v) is 5.40. The van der Waals surface area contributed by atoms with Crippen molar-refractivity contribution in [2.45, 2.75) is 45.4 Å². The van der Waals surface area contributed by atoms with Crippen LogP contribution in [0.15, 0.2) is 0 Å². The molecular formula is C12H18O. The van der Waals surface area contributed by atoms with E-state index >= 15 is 0 Å². The topological polar surface area (TPSA) is 17.1 Å². The second kappa shape index (κ2) is 2.37. The molecule has 3 aliphatic carbocycles. The van der Waals surface area contributed by atoms with Crippen molar-refractivity contribution in [1.29, 1.82) is 0 Å². The molecule has 72 valence electrons. The van der Waals surface area contributed by atoms with Gasteiger partial charge in [0.15, 0.2) is 0 Å². The molecule has 0 aromatic carbocycles. The van der Waals surface area contributed by atoms with Gasteiger partial charge in [-0.1, -0.05) is 13.3 Å². The highest BCUT2D eigenvalue weighted by atomic mass is 16.1. The van der Waals surface area contributed by atoms with Gasteiger partial charge in [-0.05, 0) is 42.9 Å². The van der Waals surface area contributed by atoms with Gasteiger partial charge in [0, 0.05) is 12.3 Å². The third-order valence-corrected chi connectivity index (χ3v) is 5.19. The fourth-order valence-corrected chi connectivity index (χ4v) is 4.72. The second-order valence-electron chi connectivity index (χ2n) is 5.40. The normalized spacial score (nSPS) is 53.9. The molecule has 1 spiro atoms. The largest absolute Gasteiger partial charge is 0.299 e. The van der Waals surface area contributed by atoms with Gasteiger partial charge in [0.25, 0.3) is 0 Å². The molecule has 1 heteroatoms. The van der Waals surface area contributed by atoms with E-state index in [0.29, 0.717) is 23.0 Å². The number of hydrogen-bond donors (Lipinski definition) is 0. The summed E-state index contributed by atoms with van der Waals surface area (Å²) >= 11 is 0. The molecule has 0 aromatic heterocycles. The van der Waals surface area contributed by atoms with Crippen LogP contribution in [-0.4, -0.2) is 5.78 Å². The van der Waals surface area contributed by atoms with Crippen molar-refractivity contribution in [3.8, 4) is 0 Å². The summed E-state index contributed by atoms with van der Waals surface area (Å²) in [5, 5.41) is 0. The van der Waals surface area contributed by atoms with Gasteiger partial charge < -0.3 is 0 Å². The van der Waals surface area contributed by atoms with Gasteiger partial charge in [-0.2, -0.15) is 0 Å². The number of carbonyl (C=O) groups excluding carboxylic acids is 1. The van der Waals surface area contributed by atoms with Crippen LogP contribution in [-0.2, 0) is 4.79 Å². The first-order valence-corrected chi connectivity index (χ1v) is 5.78. The van der Waals surface area contributed by atoms with E-state index in [1.165, 1.54) is 32.1 Å². The van der Waals surface area contributed by atoms with Crippen LogP contribution >= 0.6 is 0 Å². The van der Waals surface area contributed by atoms with Crippen LogP contribution in [0.4, 0.5) is 0 Å². The minimum absolute atomic E-state index is 0.481. The number of rotatable bonds is 0. The van der Waals surface area contributed by atoms with E-state index < -0.39 is 0 Å². The molecule has 0 N–H and O–H groups in total. The molecule has 0 radical (unpaired) electrons. The van der Waals surface area contributed by atoms with E-state index in [1.54, 1.807) is 0 Å². The van der Waals surface area contributed by atoms with Crippen LogP contribution < -0.4 is 0 Å². The Hall–Kier alpha value is -0.330. The monoisotopic (exact) mass is 178 g/mol. The predicted molar refractivity (Wildman–Crippen MR) is 51.3 cm³/mol. The lowest BCUT2D eigenvalue weighted by Crippen LogP contribution is -2.29. The highest BCUT2D eigenvalue weighted by Gasteiger charge is 2.61. The van der Waals surface area contributed by atoms with Crippen LogP contribution in [0.2, 0.25) is 0 Å². The van der Waals surface area contributed by atoms with Gasteiger partial charge >= 0.3 is 0 Å². The molecule has 0 saturated heterocycles. The molecule has 0 aliphatic heterocycles. The van der Waals surface area contributed by atoms with Crippen LogP contribution in [0, 0.1) is 23.2 Å². The van der Waals surface area contributed by atoms with Crippen molar-refractivity contribution in [2.75, 3.05) is 0 Å². The molecular weight excluding hydrogens is 160 g/mol. The summed E-state index contributed by atoms with van der Waals surface area (Å²) in [6.45, 7) is 2.32. The van der Waals surface area contributed by atoms with Crippen molar-refractivity contribution in [3.63, 3.8) is 0 Å². The quantitative estimate of drug-likeness (QED) is 0.557. The highest BCUT2D eigenvalue weighted by molar-refractivity contribution is 5.85. The first-order valence-electron chi connectivity index (χ1n) is 5.78. The third-order valence-electron chi connectivity index (χ3n) is 5.19. The molecule has 13 heavy (non-hydrogen) atoms. The summed E-state index contributed by atoms with van der Waals surface area (Å²) in [7, 11) is 0. The summed E-state index contributed by atoms with van der Waals surface area (Å²) in [4.78, 5) is 11.8. The number of Topliss-reactive ketones (excluding diaryl/α,β-unsaturated/α-hetero) is 1. The van der Waals surface area contributed by atoms with Gasteiger partial charge in [0.05, 0.1) is 0 Å². The minimum Gasteiger partial charge on any atom is -0.299 e. The van der Waals surface area contributed by atoms with E-state index in [9.17, 15) is 4.79 Å². The Morgan fingerprint density at radius 2 is 2.15 bits per heavy atom. The number of carbonyl (C=O) groups is 1. The zero-order valence-corrected chi connectivity index (χ0v) is 8.38. The van der Waals surface area contributed by atoms with Crippen LogP contribution in [0.5, 0.6) is 0 Å². The summed E-state index contributed by atoms with van der Waals surface area (Å²) in [6.07, 6.45) is 7.61. The van der Waals surface area contributed by atoms with Gasteiger partial charge in [-0.15, -0.1) is 0 Å². The van der Waals surface area contributed by atoms with Crippen molar-refractivity contribution in [1.82, 2.24) is 0 Å². The van der Waals surface area contributed by atoms with Crippen molar-refractivity contribution < 1.29 is 4.79 Å². The molecule has 3 rings (SSSR count). The first kappa shape index (κ1) is 8.02. The average Bonchev–Trinajstić information content (AvgIpc) is 2.63.